The quantitative estimate of drug-likeness (QED) is 0.748. The molecule has 2 aromatic carbocycles. The van der Waals surface area contributed by atoms with E-state index in [1.165, 1.54) is 14.2 Å². The number of amides is 1. The molecule has 0 aliphatic heterocycles. The highest BCUT2D eigenvalue weighted by atomic mass is 35.5. The Morgan fingerprint density at radius 2 is 1.84 bits per heavy atom. The first-order chi connectivity index (χ1) is 12.1. The Morgan fingerprint density at radius 1 is 1.08 bits per heavy atom. The van der Waals surface area contributed by atoms with Gasteiger partial charge >= 0.3 is 6.01 Å². The first-order valence-corrected chi connectivity index (χ1v) is 7.61. The number of carbonyl (C=O) groups is 1. The fraction of sp³-hybridized carbons (Fsp3) is 0.118. The van der Waals surface area contributed by atoms with Gasteiger partial charge in [-0.05, 0) is 42.5 Å². The molecule has 3 rings (SSSR count). The Labute approximate surface area is 148 Å². The number of hydrogen-bond donors (Lipinski definition) is 1. The summed E-state index contributed by atoms with van der Waals surface area (Å²) in [7, 11) is 2.99. The monoisotopic (exact) mass is 359 g/mol. The van der Waals surface area contributed by atoms with Crippen molar-refractivity contribution in [1.29, 1.82) is 0 Å². The van der Waals surface area contributed by atoms with Gasteiger partial charge in [0.05, 0.1) is 19.8 Å². The number of nitrogens with zero attached hydrogens (tertiary/aromatic N) is 2. The summed E-state index contributed by atoms with van der Waals surface area (Å²) in [4.78, 5) is 12.5. The molecule has 0 radical (unpaired) electrons. The molecular formula is C17H14ClN3O4. The molecule has 0 unspecified atom stereocenters. The van der Waals surface area contributed by atoms with Crippen LogP contribution in [0.15, 0.2) is 46.9 Å². The molecule has 25 heavy (non-hydrogen) atoms. The number of aromatic nitrogens is 2. The molecule has 0 spiro atoms. The first kappa shape index (κ1) is 16.8. The summed E-state index contributed by atoms with van der Waals surface area (Å²) < 4.78 is 15.8. The van der Waals surface area contributed by atoms with Gasteiger partial charge in [-0.15, -0.1) is 5.10 Å². The van der Waals surface area contributed by atoms with E-state index < -0.39 is 5.91 Å². The van der Waals surface area contributed by atoms with E-state index in [2.05, 4.69) is 15.5 Å². The van der Waals surface area contributed by atoms with Gasteiger partial charge in [0, 0.05) is 10.6 Å². The second-order valence-corrected chi connectivity index (χ2v) is 5.38. The van der Waals surface area contributed by atoms with Crippen LogP contribution in [0.2, 0.25) is 5.02 Å². The molecule has 0 saturated carbocycles. The van der Waals surface area contributed by atoms with Gasteiger partial charge in [0.25, 0.3) is 5.91 Å². The molecule has 0 aliphatic rings. The van der Waals surface area contributed by atoms with Crippen LogP contribution in [0.1, 0.15) is 10.4 Å². The SMILES string of the molecule is COc1ccc(OC)c(C(=O)Nc2nnc(-c3ccc(Cl)cc3)o2)c1. The van der Waals surface area contributed by atoms with Gasteiger partial charge in [-0.3, -0.25) is 10.1 Å². The van der Waals surface area contributed by atoms with Crippen LogP contribution in [-0.4, -0.2) is 30.3 Å². The van der Waals surface area contributed by atoms with Crippen LogP contribution >= 0.6 is 11.6 Å². The molecule has 0 atom stereocenters. The Hall–Kier alpha value is -3.06. The van der Waals surface area contributed by atoms with Gasteiger partial charge in [-0.25, -0.2) is 0 Å². The third-order valence-corrected chi connectivity index (χ3v) is 3.64. The number of carbonyl (C=O) groups excluding carboxylic acids is 1. The lowest BCUT2D eigenvalue weighted by Crippen LogP contribution is -2.13. The third kappa shape index (κ3) is 3.72. The maximum Gasteiger partial charge on any atom is 0.322 e. The molecule has 3 aromatic rings. The Morgan fingerprint density at radius 3 is 2.52 bits per heavy atom. The fourth-order valence-electron chi connectivity index (χ4n) is 2.14. The number of hydrogen-bond acceptors (Lipinski definition) is 6. The number of anilines is 1. The van der Waals surface area contributed by atoms with Crippen LogP contribution in [0.3, 0.4) is 0 Å². The van der Waals surface area contributed by atoms with Crippen LogP contribution in [0, 0.1) is 0 Å². The molecule has 0 saturated heterocycles. The van der Waals surface area contributed by atoms with Crippen molar-refractivity contribution >= 4 is 23.5 Å². The molecule has 8 heteroatoms. The molecule has 0 aliphatic carbocycles. The van der Waals surface area contributed by atoms with Crippen molar-refractivity contribution in [1.82, 2.24) is 10.2 Å². The zero-order valence-electron chi connectivity index (χ0n) is 13.4. The number of nitrogens with one attached hydrogen (secondary N) is 1. The number of methoxy groups -OCH3 is 2. The topological polar surface area (TPSA) is 86.5 Å². The summed E-state index contributed by atoms with van der Waals surface area (Å²) in [6.07, 6.45) is 0. The van der Waals surface area contributed by atoms with Crippen molar-refractivity contribution in [2.24, 2.45) is 0 Å². The Bertz CT molecular complexity index is 893. The fourth-order valence-corrected chi connectivity index (χ4v) is 2.26. The molecule has 128 valence electrons. The molecule has 7 nitrogen and oxygen atoms in total. The lowest BCUT2D eigenvalue weighted by molar-refractivity contribution is 0.102. The van der Waals surface area contributed by atoms with Crippen molar-refractivity contribution in [2.75, 3.05) is 19.5 Å². The molecule has 0 fully saturated rings. The van der Waals surface area contributed by atoms with Crippen molar-refractivity contribution in [3.63, 3.8) is 0 Å². The summed E-state index contributed by atoms with van der Waals surface area (Å²) in [5, 5.41) is 10.9. The largest absolute Gasteiger partial charge is 0.497 e. The van der Waals surface area contributed by atoms with E-state index in [1.54, 1.807) is 42.5 Å². The van der Waals surface area contributed by atoms with Gasteiger partial charge < -0.3 is 13.9 Å². The summed E-state index contributed by atoms with van der Waals surface area (Å²) in [5.41, 5.74) is 0.976. The maximum atomic E-state index is 12.5. The van der Waals surface area contributed by atoms with Gasteiger partial charge in [0.15, 0.2) is 0 Å². The summed E-state index contributed by atoms with van der Waals surface area (Å²) in [6.45, 7) is 0. The van der Waals surface area contributed by atoms with Crippen LogP contribution in [0.4, 0.5) is 6.01 Å². The predicted molar refractivity (Wildman–Crippen MR) is 92.2 cm³/mol. The molecular weight excluding hydrogens is 346 g/mol. The second-order valence-electron chi connectivity index (χ2n) is 4.94. The smallest absolute Gasteiger partial charge is 0.322 e. The Kier molecular flexibility index (Phi) is 4.85. The lowest BCUT2D eigenvalue weighted by Gasteiger charge is -2.09. The van der Waals surface area contributed by atoms with Gasteiger partial charge in [-0.2, -0.15) is 0 Å². The Balaban J connectivity index is 1.81. The standard InChI is InChI=1S/C17H14ClN3O4/c1-23-12-7-8-14(24-2)13(9-12)15(22)19-17-21-20-16(25-17)10-3-5-11(18)6-4-10/h3-9H,1-2H3,(H,19,21,22). The number of halogens is 1. The highest BCUT2D eigenvalue weighted by molar-refractivity contribution is 6.30. The van der Waals surface area contributed by atoms with E-state index in [0.717, 1.165) is 0 Å². The highest BCUT2D eigenvalue weighted by Gasteiger charge is 2.17. The van der Waals surface area contributed by atoms with Crippen LogP contribution in [0.5, 0.6) is 11.5 Å². The average molecular weight is 360 g/mol. The summed E-state index contributed by atoms with van der Waals surface area (Å²) in [6, 6.07) is 11.8. The minimum atomic E-state index is -0.456. The zero-order valence-corrected chi connectivity index (χ0v) is 14.2. The van der Waals surface area contributed by atoms with E-state index >= 15 is 0 Å². The average Bonchev–Trinajstić information content (AvgIpc) is 3.10. The minimum absolute atomic E-state index is 0.0279. The summed E-state index contributed by atoms with van der Waals surface area (Å²) >= 11 is 5.85. The second kappa shape index (κ2) is 7.23. The van der Waals surface area contributed by atoms with Crippen LogP contribution in [0.25, 0.3) is 11.5 Å². The van der Waals surface area contributed by atoms with E-state index in [1.807, 2.05) is 0 Å². The molecule has 1 aromatic heterocycles. The van der Waals surface area contributed by atoms with E-state index in [0.29, 0.717) is 22.1 Å². The summed E-state index contributed by atoms with van der Waals surface area (Å²) in [5.74, 6) is 0.737. The van der Waals surface area contributed by atoms with E-state index in [4.69, 9.17) is 25.5 Å². The van der Waals surface area contributed by atoms with Crippen molar-refractivity contribution in [3.05, 3.63) is 53.1 Å². The molecule has 1 heterocycles. The van der Waals surface area contributed by atoms with E-state index in [-0.39, 0.29) is 17.5 Å². The molecule has 0 bridgehead atoms. The van der Waals surface area contributed by atoms with Crippen molar-refractivity contribution in [2.45, 2.75) is 0 Å². The van der Waals surface area contributed by atoms with Gasteiger partial charge in [-0.1, -0.05) is 16.7 Å². The first-order valence-electron chi connectivity index (χ1n) is 7.23. The number of rotatable bonds is 5. The number of benzene rings is 2. The van der Waals surface area contributed by atoms with E-state index in [9.17, 15) is 4.79 Å². The highest BCUT2D eigenvalue weighted by Crippen LogP contribution is 2.26. The molecule has 1 N–H and O–H groups in total. The van der Waals surface area contributed by atoms with Crippen LogP contribution < -0.4 is 14.8 Å². The van der Waals surface area contributed by atoms with Gasteiger partial charge in [0.2, 0.25) is 5.89 Å². The van der Waals surface area contributed by atoms with Gasteiger partial charge in [0.1, 0.15) is 11.5 Å². The third-order valence-electron chi connectivity index (χ3n) is 3.39. The minimum Gasteiger partial charge on any atom is -0.497 e. The van der Waals surface area contributed by atoms with Crippen LogP contribution in [-0.2, 0) is 0 Å². The predicted octanol–water partition coefficient (Wildman–Crippen LogP) is 3.66. The maximum absolute atomic E-state index is 12.5. The van der Waals surface area contributed by atoms with Crippen molar-refractivity contribution < 1.29 is 18.7 Å². The zero-order chi connectivity index (χ0) is 17.8. The number of ether oxygens (including phenoxy) is 2. The lowest BCUT2D eigenvalue weighted by atomic mass is 10.1. The normalized spacial score (nSPS) is 10.4. The molecule has 1 amide bonds. The van der Waals surface area contributed by atoms with Crippen molar-refractivity contribution in [3.8, 4) is 23.0 Å².